The van der Waals surface area contributed by atoms with E-state index in [2.05, 4.69) is 17.1 Å². The van der Waals surface area contributed by atoms with Crippen LogP contribution in [0.5, 0.6) is 0 Å². The maximum Gasteiger partial charge on any atom is 0.0107 e. The highest BCUT2D eigenvalue weighted by Gasteiger charge is 2.19. The molecule has 94 valence electrons. The Bertz CT molecular complexity index is 187. The first-order valence-corrected chi connectivity index (χ1v) is 7.32. The first-order chi connectivity index (χ1) is 7.86. The quantitative estimate of drug-likeness (QED) is 0.739. The molecule has 1 heterocycles. The Kier molecular flexibility index (Phi) is 5.11. The molecule has 1 saturated carbocycles. The molecule has 1 N–H and O–H groups in total. The van der Waals surface area contributed by atoms with Gasteiger partial charge in [0.15, 0.2) is 0 Å². The number of hydrogen-bond donors (Lipinski definition) is 1. The van der Waals surface area contributed by atoms with E-state index in [-0.39, 0.29) is 0 Å². The van der Waals surface area contributed by atoms with E-state index in [4.69, 9.17) is 0 Å². The van der Waals surface area contributed by atoms with Crippen LogP contribution in [0.15, 0.2) is 0 Å². The molecule has 0 aromatic carbocycles. The molecule has 0 bridgehead atoms. The van der Waals surface area contributed by atoms with Gasteiger partial charge in [0.2, 0.25) is 0 Å². The van der Waals surface area contributed by atoms with Crippen molar-refractivity contribution in [1.29, 1.82) is 0 Å². The van der Waals surface area contributed by atoms with Crippen molar-refractivity contribution < 1.29 is 0 Å². The Balaban J connectivity index is 1.63. The molecule has 2 heteroatoms. The van der Waals surface area contributed by atoms with E-state index in [1.165, 1.54) is 71.1 Å². The van der Waals surface area contributed by atoms with E-state index in [1.54, 1.807) is 0 Å². The summed E-state index contributed by atoms with van der Waals surface area (Å²) in [6.45, 7) is 7.57. The van der Waals surface area contributed by atoms with Gasteiger partial charge in [-0.2, -0.15) is 0 Å². The fourth-order valence-corrected chi connectivity index (χ4v) is 3.21. The second-order valence-electron chi connectivity index (χ2n) is 5.72. The molecule has 0 spiro atoms. The second-order valence-corrected chi connectivity index (χ2v) is 5.72. The van der Waals surface area contributed by atoms with Gasteiger partial charge in [0.1, 0.15) is 0 Å². The van der Waals surface area contributed by atoms with Crippen molar-refractivity contribution in [2.24, 2.45) is 5.92 Å². The van der Waals surface area contributed by atoms with Crippen LogP contribution < -0.4 is 5.32 Å². The SMILES string of the molecule is CC1CCCCCC1NCCN1CCCC1. The molecule has 2 fully saturated rings. The first-order valence-electron chi connectivity index (χ1n) is 7.32. The molecule has 2 nitrogen and oxygen atoms in total. The van der Waals surface area contributed by atoms with Crippen LogP contribution in [0.1, 0.15) is 51.9 Å². The van der Waals surface area contributed by atoms with Gasteiger partial charge in [0.25, 0.3) is 0 Å². The van der Waals surface area contributed by atoms with Crippen LogP contribution in [0.25, 0.3) is 0 Å². The highest BCUT2D eigenvalue weighted by atomic mass is 15.2. The third-order valence-corrected chi connectivity index (χ3v) is 4.39. The number of rotatable bonds is 4. The van der Waals surface area contributed by atoms with Gasteiger partial charge >= 0.3 is 0 Å². The van der Waals surface area contributed by atoms with E-state index in [9.17, 15) is 0 Å². The van der Waals surface area contributed by atoms with Crippen LogP contribution in [0.4, 0.5) is 0 Å². The molecule has 0 radical (unpaired) electrons. The van der Waals surface area contributed by atoms with Gasteiger partial charge in [-0.25, -0.2) is 0 Å². The van der Waals surface area contributed by atoms with Crippen LogP contribution in [0, 0.1) is 5.92 Å². The maximum atomic E-state index is 3.80. The van der Waals surface area contributed by atoms with Gasteiger partial charge in [-0.15, -0.1) is 0 Å². The normalized spacial score (nSPS) is 32.8. The Morgan fingerprint density at radius 3 is 2.56 bits per heavy atom. The fraction of sp³-hybridized carbons (Fsp3) is 1.00. The van der Waals surface area contributed by atoms with Crippen LogP contribution in [-0.4, -0.2) is 37.1 Å². The average molecular weight is 224 g/mol. The topological polar surface area (TPSA) is 15.3 Å². The van der Waals surface area contributed by atoms with Crippen LogP contribution >= 0.6 is 0 Å². The van der Waals surface area contributed by atoms with E-state index >= 15 is 0 Å². The molecule has 0 aromatic heterocycles. The minimum atomic E-state index is 0.796. The van der Waals surface area contributed by atoms with Gasteiger partial charge in [-0.05, 0) is 44.7 Å². The van der Waals surface area contributed by atoms with E-state index in [0.717, 1.165) is 12.0 Å². The zero-order valence-electron chi connectivity index (χ0n) is 10.9. The van der Waals surface area contributed by atoms with Crippen molar-refractivity contribution in [3.63, 3.8) is 0 Å². The lowest BCUT2D eigenvalue weighted by atomic mass is 9.97. The van der Waals surface area contributed by atoms with Crippen molar-refractivity contribution >= 4 is 0 Å². The molecule has 0 aromatic rings. The Morgan fingerprint density at radius 1 is 1.00 bits per heavy atom. The average Bonchev–Trinajstić information content (AvgIpc) is 2.71. The van der Waals surface area contributed by atoms with E-state index < -0.39 is 0 Å². The third kappa shape index (κ3) is 3.74. The zero-order valence-corrected chi connectivity index (χ0v) is 10.9. The van der Waals surface area contributed by atoms with Gasteiger partial charge < -0.3 is 10.2 Å². The van der Waals surface area contributed by atoms with Crippen molar-refractivity contribution in [3.05, 3.63) is 0 Å². The minimum Gasteiger partial charge on any atom is -0.312 e. The first kappa shape index (κ1) is 12.4. The summed E-state index contributed by atoms with van der Waals surface area (Å²) in [7, 11) is 0. The number of nitrogens with zero attached hydrogens (tertiary/aromatic N) is 1. The lowest BCUT2D eigenvalue weighted by Crippen LogP contribution is -2.39. The molecule has 1 aliphatic heterocycles. The van der Waals surface area contributed by atoms with Gasteiger partial charge in [-0.1, -0.05) is 26.2 Å². The third-order valence-electron chi connectivity index (χ3n) is 4.39. The fourth-order valence-electron chi connectivity index (χ4n) is 3.21. The molecular formula is C14H28N2. The lowest BCUT2D eigenvalue weighted by Gasteiger charge is -2.24. The second kappa shape index (κ2) is 6.61. The van der Waals surface area contributed by atoms with Crippen molar-refractivity contribution in [3.8, 4) is 0 Å². The predicted molar refractivity (Wildman–Crippen MR) is 69.7 cm³/mol. The van der Waals surface area contributed by atoms with Crippen molar-refractivity contribution in [1.82, 2.24) is 10.2 Å². The Morgan fingerprint density at radius 2 is 1.75 bits per heavy atom. The Labute approximate surface area is 101 Å². The van der Waals surface area contributed by atoms with Gasteiger partial charge in [0, 0.05) is 19.1 Å². The molecule has 0 amide bonds. The van der Waals surface area contributed by atoms with Gasteiger partial charge in [0.05, 0.1) is 0 Å². The van der Waals surface area contributed by atoms with E-state index in [0.29, 0.717) is 0 Å². The summed E-state index contributed by atoms with van der Waals surface area (Å²) in [5, 5.41) is 3.80. The van der Waals surface area contributed by atoms with Crippen LogP contribution in [-0.2, 0) is 0 Å². The molecular weight excluding hydrogens is 196 g/mol. The lowest BCUT2D eigenvalue weighted by molar-refractivity contribution is 0.301. The predicted octanol–water partition coefficient (Wildman–Crippen LogP) is 2.64. The van der Waals surface area contributed by atoms with Crippen LogP contribution in [0.2, 0.25) is 0 Å². The molecule has 1 aliphatic carbocycles. The summed E-state index contributed by atoms with van der Waals surface area (Å²) in [6, 6.07) is 0.796. The number of likely N-dealkylation sites (tertiary alicyclic amines) is 1. The maximum absolute atomic E-state index is 3.80. The summed E-state index contributed by atoms with van der Waals surface area (Å²) in [4.78, 5) is 2.61. The summed E-state index contributed by atoms with van der Waals surface area (Å²) < 4.78 is 0. The summed E-state index contributed by atoms with van der Waals surface area (Å²) >= 11 is 0. The number of hydrogen-bond acceptors (Lipinski definition) is 2. The monoisotopic (exact) mass is 224 g/mol. The largest absolute Gasteiger partial charge is 0.312 e. The van der Waals surface area contributed by atoms with E-state index in [1.807, 2.05) is 0 Å². The summed E-state index contributed by atoms with van der Waals surface area (Å²) in [5.41, 5.74) is 0. The summed E-state index contributed by atoms with van der Waals surface area (Å²) in [5.74, 6) is 0.890. The molecule has 2 rings (SSSR count). The summed E-state index contributed by atoms with van der Waals surface area (Å²) in [6.07, 6.45) is 10.0. The molecule has 2 aliphatic rings. The standard InChI is InChI=1S/C14H28N2/c1-13-7-3-2-4-8-14(13)15-9-12-16-10-5-6-11-16/h13-15H,2-12H2,1H3. The smallest absolute Gasteiger partial charge is 0.0107 e. The molecule has 16 heavy (non-hydrogen) atoms. The Hall–Kier alpha value is -0.0800. The zero-order chi connectivity index (χ0) is 11.2. The molecule has 2 atom stereocenters. The van der Waals surface area contributed by atoms with Crippen molar-refractivity contribution in [2.45, 2.75) is 57.9 Å². The number of nitrogens with one attached hydrogen (secondary N) is 1. The minimum absolute atomic E-state index is 0.796. The molecule has 1 saturated heterocycles. The molecule has 2 unspecified atom stereocenters. The van der Waals surface area contributed by atoms with Crippen molar-refractivity contribution in [2.75, 3.05) is 26.2 Å². The van der Waals surface area contributed by atoms with Gasteiger partial charge in [-0.3, -0.25) is 0 Å². The highest BCUT2D eigenvalue weighted by molar-refractivity contribution is 4.77. The van der Waals surface area contributed by atoms with Crippen LogP contribution in [0.3, 0.4) is 0 Å². The highest BCUT2D eigenvalue weighted by Crippen LogP contribution is 2.22.